The lowest BCUT2D eigenvalue weighted by Crippen LogP contribution is -2.53. The van der Waals surface area contributed by atoms with Gasteiger partial charge in [0, 0.05) is 43.8 Å². The molecule has 3 unspecified atom stereocenters. The number of hydrogen-bond donors (Lipinski definition) is 1. The normalized spacial score (nSPS) is 23.6. The van der Waals surface area contributed by atoms with E-state index in [0.29, 0.717) is 40.0 Å². The molecule has 2 aromatic carbocycles. The number of hydrogen-bond acceptors (Lipinski definition) is 4. The molecule has 1 amide bonds. The van der Waals surface area contributed by atoms with Crippen LogP contribution in [0.2, 0.25) is 10.0 Å². The monoisotopic (exact) mass is 524 g/mol. The van der Waals surface area contributed by atoms with Crippen molar-refractivity contribution in [1.82, 2.24) is 20.1 Å². The third-order valence-corrected chi connectivity index (χ3v) is 8.52. The van der Waals surface area contributed by atoms with Crippen LogP contribution in [0.4, 0.5) is 0 Å². The summed E-state index contributed by atoms with van der Waals surface area (Å²) in [6.45, 7) is 8.37. The van der Waals surface area contributed by atoms with Gasteiger partial charge in [-0.15, -0.1) is 0 Å². The summed E-state index contributed by atoms with van der Waals surface area (Å²) in [5.41, 5.74) is 2.64. The van der Waals surface area contributed by atoms with E-state index >= 15 is 0 Å². The number of rotatable bonds is 6. The summed E-state index contributed by atoms with van der Waals surface area (Å²) >= 11 is 12.3. The number of likely N-dealkylation sites (tertiary alicyclic amines) is 2. The number of para-hydroxylation sites is 1. The van der Waals surface area contributed by atoms with Crippen molar-refractivity contribution in [3.63, 3.8) is 0 Å². The van der Waals surface area contributed by atoms with Gasteiger partial charge in [0.05, 0.1) is 21.1 Å². The SMILES string of the molecule is CC1CN(Cc2ccc(Cl)c(Cl)c2)CCC1N1CCCC(CNC(=O)c2cccc3cccnc23)C1. The van der Waals surface area contributed by atoms with Gasteiger partial charge in [0.2, 0.25) is 0 Å². The van der Waals surface area contributed by atoms with Gasteiger partial charge in [-0.3, -0.25) is 19.6 Å². The minimum absolute atomic E-state index is 0.0274. The van der Waals surface area contributed by atoms with Crippen molar-refractivity contribution in [2.45, 2.75) is 38.8 Å². The first-order valence-corrected chi connectivity index (χ1v) is 13.8. The second-order valence-electron chi connectivity index (χ2n) is 10.4. The Bertz CT molecular complexity index is 1210. The molecule has 7 heteroatoms. The summed E-state index contributed by atoms with van der Waals surface area (Å²) in [5, 5.41) is 5.43. The number of benzene rings is 2. The first-order valence-electron chi connectivity index (χ1n) is 13.0. The maximum absolute atomic E-state index is 13.0. The average Bonchev–Trinajstić information content (AvgIpc) is 2.89. The minimum Gasteiger partial charge on any atom is -0.352 e. The van der Waals surface area contributed by atoms with Gasteiger partial charge in [-0.2, -0.15) is 0 Å². The van der Waals surface area contributed by atoms with Crippen molar-refractivity contribution >= 4 is 40.0 Å². The maximum atomic E-state index is 13.0. The van der Waals surface area contributed by atoms with Gasteiger partial charge in [0.1, 0.15) is 0 Å². The van der Waals surface area contributed by atoms with Gasteiger partial charge in [-0.1, -0.05) is 54.4 Å². The van der Waals surface area contributed by atoms with E-state index in [1.165, 1.54) is 18.4 Å². The fourth-order valence-corrected chi connectivity index (χ4v) is 6.31. The fraction of sp³-hybridized carbons (Fsp3) is 0.448. The Labute approximate surface area is 223 Å². The van der Waals surface area contributed by atoms with Crippen molar-refractivity contribution in [2.75, 3.05) is 32.7 Å². The van der Waals surface area contributed by atoms with Crippen LogP contribution in [0.5, 0.6) is 0 Å². The number of carbonyl (C=O) groups is 1. The van der Waals surface area contributed by atoms with Crippen molar-refractivity contribution in [1.29, 1.82) is 0 Å². The highest BCUT2D eigenvalue weighted by Crippen LogP contribution is 2.29. The molecule has 1 N–H and O–H groups in total. The lowest BCUT2D eigenvalue weighted by molar-refractivity contribution is 0.0337. The largest absolute Gasteiger partial charge is 0.352 e. The Morgan fingerprint density at radius 3 is 2.75 bits per heavy atom. The Balaban J connectivity index is 1.14. The molecule has 0 aliphatic carbocycles. The second kappa shape index (κ2) is 11.5. The van der Waals surface area contributed by atoms with Crippen LogP contribution < -0.4 is 5.32 Å². The molecule has 3 atom stereocenters. The summed E-state index contributed by atoms with van der Waals surface area (Å²) in [4.78, 5) is 22.6. The molecule has 0 spiro atoms. The predicted molar refractivity (Wildman–Crippen MR) is 148 cm³/mol. The van der Waals surface area contributed by atoms with E-state index in [1.807, 2.05) is 42.5 Å². The van der Waals surface area contributed by atoms with E-state index in [0.717, 1.165) is 50.0 Å². The van der Waals surface area contributed by atoms with Crippen LogP contribution in [0.1, 0.15) is 42.1 Å². The summed E-state index contributed by atoms with van der Waals surface area (Å²) in [7, 11) is 0. The Morgan fingerprint density at radius 2 is 1.92 bits per heavy atom. The van der Waals surface area contributed by atoms with Crippen LogP contribution in [0.25, 0.3) is 10.9 Å². The van der Waals surface area contributed by atoms with Crippen LogP contribution in [0, 0.1) is 11.8 Å². The number of halogens is 2. The first-order chi connectivity index (χ1) is 17.5. The molecule has 5 nitrogen and oxygen atoms in total. The summed E-state index contributed by atoms with van der Waals surface area (Å²) < 4.78 is 0. The molecule has 2 saturated heterocycles. The van der Waals surface area contributed by atoms with E-state index in [9.17, 15) is 4.79 Å². The van der Waals surface area contributed by atoms with Crippen LogP contribution >= 0.6 is 23.2 Å². The maximum Gasteiger partial charge on any atom is 0.253 e. The Kier molecular flexibility index (Phi) is 8.12. The molecule has 0 radical (unpaired) electrons. The molecule has 2 fully saturated rings. The Hall–Kier alpha value is -2.18. The van der Waals surface area contributed by atoms with Gasteiger partial charge in [0.15, 0.2) is 0 Å². The second-order valence-corrected chi connectivity index (χ2v) is 11.2. The zero-order valence-corrected chi connectivity index (χ0v) is 22.3. The van der Waals surface area contributed by atoms with Crippen molar-refractivity contribution in [3.05, 3.63) is 75.9 Å². The number of piperidine rings is 2. The van der Waals surface area contributed by atoms with Gasteiger partial charge < -0.3 is 5.32 Å². The van der Waals surface area contributed by atoms with Gasteiger partial charge in [0.25, 0.3) is 5.91 Å². The van der Waals surface area contributed by atoms with E-state index < -0.39 is 0 Å². The number of carbonyl (C=O) groups excluding carboxylic acids is 1. The molecule has 3 aromatic rings. The molecule has 0 bridgehead atoms. The molecule has 0 saturated carbocycles. The number of aromatic nitrogens is 1. The zero-order chi connectivity index (χ0) is 25.1. The predicted octanol–water partition coefficient (Wildman–Crippen LogP) is 5.89. The lowest BCUT2D eigenvalue weighted by Gasteiger charge is -2.45. The van der Waals surface area contributed by atoms with E-state index in [4.69, 9.17) is 23.2 Å². The third-order valence-electron chi connectivity index (χ3n) is 7.78. The molecular formula is C29H34Cl2N4O. The number of pyridine rings is 1. The molecule has 3 heterocycles. The molecule has 5 rings (SSSR count). The summed E-state index contributed by atoms with van der Waals surface area (Å²) in [5.74, 6) is 1.05. The van der Waals surface area contributed by atoms with E-state index in [2.05, 4.69) is 33.1 Å². The molecule has 1 aromatic heterocycles. The molecule has 190 valence electrons. The molecule has 2 aliphatic heterocycles. The van der Waals surface area contributed by atoms with Crippen molar-refractivity contribution in [2.24, 2.45) is 11.8 Å². The Morgan fingerprint density at radius 1 is 1.06 bits per heavy atom. The van der Waals surface area contributed by atoms with E-state index in [1.54, 1.807) is 6.20 Å². The molecular weight excluding hydrogens is 491 g/mol. The van der Waals surface area contributed by atoms with Crippen molar-refractivity contribution in [3.8, 4) is 0 Å². The summed E-state index contributed by atoms with van der Waals surface area (Å²) in [6.07, 6.45) is 5.26. The number of amides is 1. The van der Waals surface area contributed by atoms with Crippen LogP contribution in [0.15, 0.2) is 54.7 Å². The lowest BCUT2D eigenvalue weighted by atomic mass is 9.88. The highest BCUT2D eigenvalue weighted by molar-refractivity contribution is 6.42. The highest BCUT2D eigenvalue weighted by atomic mass is 35.5. The number of nitrogens with zero attached hydrogens (tertiary/aromatic N) is 3. The number of fused-ring (bicyclic) bond motifs is 1. The van der Waals surface area contributed by atoms with Crippen molar-refractivity contribution < 1.29 is 4.79 Å². The van der Waals surface area contributed by atoms with Gasteiger partial charge >= 0.3 is 0 Å². The van der Waals surface area contributed by atoms with Crippen LogP contribution in [-0.4, -0.2) is 59.5 Å². The van der Waals surface area contributed by atoms with Crippen LogP contribution in [-0.2, 0) is 6.54 Å². The molecule has 2 aliphatic rings. The quantitative estimate of drug-likeness (QED) is 0.436. The minimum atomic E-state index is -0.0274. The van der Waals surface area contributed by atoms with Crippen LogP contribution in [0.3, 0.4) is 0 Å². The van der Waals surface area contributed by atoms with E-state index in [-0.39, 0.29) is 5.91 Å². The third kappa shape index (κ3) is 5.86. The fourth-order valence-electron chi connectivity index (χ4n) is 5.99. The highest BCUT2D eigenvalue weighted by Gasteiger charge is 2.33. The smallest absolute Gasteiger partial charge is 0.253 e. The van der Waals surface area contributed by atoms with Gasteiger partial charge in [-0.05, 0) is 74.0 Å². The zero-order valence-electron chi connectivity index (χ0n) is 20.8. The van der Waals surface area contributed by atoms with Gasteiger partial charge in [-0.25, -0.2) is 0 Å². The summed E-state index contributed by atoms with van der Waals surface area (Å²) in [6, 6.07) is 16.2. The molecule has 36 heavy (non-hydrogen) atoms. The number of nitrogens with one attached hydrogen (secondary N) is 1. The topological polar surface area (TPSA) is 48.5 Å². The first kappa shape index (κ1) is 25.5. The standard InChI is InChI=1S/C29H34Cl2N4O/c1-20-17-34(18-21-9-10-25(30)26(31)15-21)14-11-27(20)35-13-4-5-22(19-35)16-33-29(36)24-8-2-6-23-7-3-12-32-28(23)24/h2-3,6-10,12,15,20,22,27H,4-5,11,13-14,16-19H2,1H3,(H,33,36). The average molecular weight is 526 g/mol.